The minimum absolute atomic E-state index is 0.279. The molecule has 1 unspecified atom stereocenters. The number of thioether (sulfide) groups is 1. The summed E-state index contributed by atoms with van der Waals surface area (Å²) >= 11 is 9.70. The Morgan fingerprint density at radius 3 is 2.95 bits per heavy atom. The van der Waals surface area contributed by atoms with Crippen LogP contribution in [-0.4, -0.2) is 16.8 Å². The summed E-state index contributed by atoms with van der Waals surface area (Å²) in [5, 5.41) is 3.86. The SMILES string of the molecule is CC(N)CCSCc1csc(-c2ccccc2Cl)n1. The lowest BCUT2D eigenvalue weighted by Crippen LogP contribution is -2.15. The van der Waals surface area contributed by atoms with Crippen LogP contribution in [-0.2, 0) is 5.75 Å². The van der Waals surface area contributed by atoms with E-state index in [0.717, 1.165) is 39.2 Å². The first kappa shape index (κ1) is 14.9. The van der Waals surface area contributed by atoms with Crippen molar-refractivity contribution in [1.29, 1.82) is 0 Å². The number of thiazole rings is 1. The van der Waals surface area contributed by atoms with Gasteiger partial charge in [0.2, 0.25) is 0 Å². The van der Waals surface area contributed by atoms with Crippen LogP contribution in [0.15, 0.2) is 29.6 Å². The minimum atomic E-state index is 0.279. The first-order valence-corrected chi connectivity index (χ1v) is 8.60. The fourth-order valence-corrected chi connectivity index (χ4v) is 3.86. The van der Waals surface area contributed by atoms with Crippen molar-refractivity contribution in [3.05, 3.63) is 40.4 Å². The third-order valence-corrected chi connectivity index (χ3v) is 4.90. The standard InChI is InChI=1S/C14H17ClN2S2/c1-10(16)6-7-18-8-11-9-19-14(17-11)12-4-2-3-5-13(12)15/h2-5,9-10H,6-8,16H2,1H3. The predicted octanol–water partition coefficient (Wildman–Crippen LogP) is 4.43. The molecule has 0 bridgehead atoms. The molecule has 2 aromatic rings. The zero-order valence-corrected chi connectivity index (χ0v) is 13.2. The van der Waals surface area contributed by atoms with Crippen molar-refractivity contribution >= 4 is 34.7 Å². The van der Waals surface area contributed by atoms with Gasteiger partial charge in [-0.25, -0.2) is 4.98 Å². The van der Waals surface area contributed by atoms with Crippen molar-refractivity contribution in [3.63, 3.8) is 0 Å². The first-order chi connectivity index (χ1) is 9.16. The van der Waals surface area contributed by atoms with E-state index >= 15 is 0 Å². The van der Waals surface area contributed by atoms with Crippen LogP contribution in [0.2, 0.25) is 5.02 Å². The Labute approximate surface area is 127 Å². The normalized spacial score (nSPS) is 12.6. The van der Waals surface area contributed by atoms with E-state index in [2.05, 4.69) is 10.4 Å². The van der Waals surface area contributed by atoms with Gasteiger partial charge in [-0.15, -0.1) is 11.3 Å². The van der Waals surface area contributed by atoms with E-state index in [1.54, 1.807) is 11.3 Å². The molecule has 0 spiro atoms. The molecule has 1 atom stereocenters. The largest absolute Gasteiger partial charge is 0.328 e. The molecule has 0 aliphatic carbocycles. The second-order valence-electron chi connectivity index (χ2n) is 4.44. The molecular weight excluding hydrogens is 296 g/mol. The van der Waals surface area contributed by atoms with Crippen molar-refractivity contribution in [1.82, 2.24) is 4.98 Å². The van der Waals surface area contributed by atoms with Crippen LogP contribution in [0, 0.1) is 0 Å². The monoisotopic (exact) mass is 312 g/mol. The van der Waals surface area contributed by atoms with E-state index in [-0.39, 0.29) is 6.04 Å². The van der Waals surface area contributed by atoms with Crippen LogP contribution in [0.4, 0.5) is 0 Å². The number of rotatable bonds is 6. The third kappa shape index (κ3) is 4.49. The van der Waals surface area contributed by atoms with Gasteiger partial charge in [-0.3, -0.25) is 0 Å². The smallest absolute Gasteiger partial charge is 0.125 e. The van der Waals surface area contributed by atoms with Gasteiger partial charge in [0.25, 0.3) is 0 Å². The number of nitrogens with two attached hydrogens (primary N) is 1. The third-order valence-electron chi connectivity index (χ3n) is 2.62. The highest BCUT2D eigenvalue weighted by molar-refractivity contribution is 7.98. The molecule has 0 aliphatic rings. The summed E-state index contributed by atoms with van der Waals surface area (Å²) in [5.74, 6) is 2.02. The average Bonchev–Trinajstić information content (AvgIpc) is 2.83. The minimum Gasteiger partial charge on any atom is -0.328 e. The predicted molar refractivity (Wildman–Crippen MR) is 87.0 cm³/mol. The van der Waals surface area contributed by atoms with Crippen LogP contribution >= 0.6 is 34.7 Å². The van der Waals surface area contributed by atoms with Crippen molar-refractivity contribution in [2.75, 3.05) is 5.75 Å². The van der Waals surface area contributed by atoms with Gasteiger partial charge in [0, 0.05) is 22.7 Å². The quantitative estimate of drug-likeness (QED) is 0.802. The zero-order chi connectivity index (χ0) is 13.7. The molecule has 1 heterocycles. The summed E-state index contributed by atoms with van der Waals surface area (Å²) in [6, 6.07) is 8.11. The van der Waals surface area contributed by atoms with E-state index in [4.69, 9.17) is 17.3 Å². The molecule has 0 radical (unpaired) electrons. The maximum absolute atomic E-state index is 6.18. The molecular formula is C14H17ClN2S2. The molecule has 102 valence electrons. The van der Waals surface area contributed by atoms with Crippen LogP contribution in [0.25, 0.3) is 10.6 Å². The number of nitrogens with zero attached hydrogens (tertiary/aromatic N) is 1. The Kier molecular flexibility index (Phi) is 5.70. The van der Waals surface area contributed by atoms with Crippen molar-refractivity contribution in [3.8, 4) is 10.6 Å². The van der Waals surface area contributed by atoms with Gasteiger partial charge >= 0.3 is 0 Å². The second kappa shape index (κ2) is 7.29. The van der Waals surface area contributed by atoms with Gasteiger partial charge in [0.15, 0.2) is 0 Å². The molecule has 5 heteroatoms. The Morgan fingerprint density at radius 1 is 1.42 bits per heavy atom. The Hall–Kier alpha value is -0.550. The lowest BCUT2D eigenvalue weighted by Gasteiger charge is -2.03. The van der Waals surface area contributed by atoms with Crippen LogP contribution in [0.1, 0.15) is 19.0 Å². The van der Waals surface area contributed by atoms with Gasteiger partial charge in [-0.05, 0) is 25.2 Å². The maximum Gasteiger partial charge on any atom is 0.125 e. The van der Waals surface area contributed by atoms with Gasteiger partial charge in [0.05, 0.1) is 10.7 Å². The van der Waals surface area contributed by atoms with Gasteiger partial charge in [-0.2, -0.15) is 11.8 Å². The molecule has 0 fully saturated rings. The number of halogens is 1. The highest BCUT2D eigenvalue weighted by atomic mass is 35.5. The van der Waals surface area contributed by atoms with Crippen LogP contribution in [0.5, 0.6) is 0 Å². The molecule has 1 aromatic carbocycles. The summed E-state index contributed by atoms with van der Waals surface area (Å²) in [4.78, 5) is 4.64. The van der Waals surface area contributed by atoms with Crippen LogP contribution in [0.3, 0.4) is 0 Å². The molecule has 2 N–H and O–H groups in total. The lowest BCUT2D eigenvalue weighted by molar-refractivity contribution is 0.721. The summed E-state index contributed by atoms with van der Waals surface area (Å²) in [7, 11) is 0. The number of aromatic nitrogens is 1. The molecule has 0 saturated carbocycles. The van der Waals surface area contributed by atoms with Gasteiger partial charge < -0.3 is 5.73 Å². The Bertz CT molecular complexity index is 526. The van der Waals surface area contributed by atoms with Crippen molar-refractivity contribution < 1.29 is 0 Å². The summed E-state index contributed by atoms with van der Waals surface area (Å²) in [6.45, 7) is 2.04. The highest BCUT2D eigenvalue weighted by Gasteiger charge is 2.08. The zero-order valence-electron chi connectivity index (χ0n) is 10.8. The molecule has 1 aromatic heterocycles. The summed E-state index contributed by atoms with van der Waals surface area (Å²) in [6.07, 6.45) is 1.05. The lowest BCUT2D eigenvalue weighted by atomic mass is 10.2. The Balaban J connectivity index is 1.94. The van der Waals surface area contributed by atoms with E-state index < -0.39 is 0 Å². The molecule has 0 aliphatic heterocycles. The average molecular weight is 313 g/mol. The first-order valence-electron chi connectivity index (χ1n) is 6.19. The number of hydrogen-bond acceptors (Lipinski definition) is 4. The molecule has 2 nitrogen and oxygen atoms in total. The van der Waals surface area contributed by atoms with E-state index in [0.29, 0.717) is 0 Å². The number of benzene rings is 1. The Morgan fingerprint density at radius 2 is 2.21 bits per heavy atom. The second-order valence-corrected chi connectivity index (χ2v) is 6.81. The van der Waals surface area contributed by atoms with Gasteiger partial charge in [-0.1, -0.05) is 29.8 Å². The molecule has 19 heavy (non-hydrogen) atoms. The van der Waals surface area contributed by atoms with Crippen molar-refractivity contribution in [2.24, 2.45) is 5.73 Å². The fraction of sp³-hybridized carbons (Fsp3) is 0.357. The molecule has 0 saturated heterocycles. The van der Waals surface area contributed by atoms with E-state index in [9.17, 15) is 0 Å². The topological polar surface area (TPSA) is 38.9 Å². The summed E-state index contributed by atoms with van der Waals surface area (Å²) in [5.41, 5.74) is 7.86. The highest BCUT2D eigenvalue weighted by Crippen LogP contribution is 2.30. The molecule has 2 rings (SSSR count). The van der Waals surface area contributed by atoms with E-state index in [1.807, 2.05) is 43.0 Å². The van der Waals surface area contributed by atoms with Gasteiger partial charge in [0.1, 0.15) is 5.01 Å². The fourth-order valence-electron chi connectivity index (χ4n) is 1.58. The summed E-state index contributed by atoms with van der Waals surface area (Å²) < 4.78 is 0. The maximum atomic E-state index is 6.18. The molecule has 0 amide bonds. The number of hydrogen-bond donors (Lipinski definition) is 1. The van der Waals surface area contributed by atoms with E-state index in [1.165, 1.54) is 0 Å². The van der Waals surface area contributed by atoms with Crippen molar-refractivity contribution in [2.45, 2.75) is 25.1 Å². The van der Waals surface area contributed by atoms with Crippen LogP contribution < -0.4 is 5.73 Å².